The van der Waals surface area contributed by atoms with Crippen molar-refractivity contribution in [2.75, 3.05) is 20.8 Å². The number of esters is 5. The summed E-state index contributed by atoms with van der Waals surface area (Å²) in [5.41, 5.74) is -1.30. The van der Waals surface area contributed by atoms with Gasteiger partial charge in [0.25, 0.3) is 0 Å². The quantitative estimate of drug-likeness (QED) is 0.130. The normalized spacial score (nSPS) is 36.9. The average molecular weight is 720 g/mol. The molecule has 0 spiro atoms. The molecule has 0 radical (unpaired) electrons. The van der Waals surface area contributed by atoms with Gasteiger partial charge in [0.15, 0.2) is 0 Å². The molecule has 4 aliphatic rings. The number of rotatable bonds is 13. The Labute approximate surface area is 305 Å². The summed E-state index contributed by atoms with van der Waals surface area (Å²) in [5.74, 6) is -1.17. The molecule has 0 aromatic carbocycles. The van der Waals surface area contributed by atoms with Crippen molar-refractivity contribution in [3.63, 3.8) is 0 Å². The predicted octanol–water partition coefficient (Wildman–Crippen LogP) is 6.33. The van der Waals surface area contributed by atoms with Gasteiger partial charge in [0.05, 0.1) is 14.2 Å². The van der Waals surface area contributed by atoms with E-state index in [-0.39, 0.29) is 82.4 Å². The summed E-state index contributed by atoms with van der Waals surface area (Å²) in [6, 6.07) is -0.669. The maximum Gasteiger partial charge on any atom is 0.322 e. The van der Waals surface area contributed by atoms with E-state index in [2.05, 4.69) is 39.9 Å². The molecule has 0 amide bonds. The highest BCUT2D eigenvalue weighted by Crippen LogP contribution is 2.76. The molecular formula is C40H65NO10. The largest absolute Gasteiger partial charge is 0.469 e. The summed E-state index contributed by atoms with van der Waals surface area (Å²) in [5, 5.41) is 3.24. The lowest BCUT2D eigenvalue weighted by molar-refractivity contribution is -0.253. The lowest BCUT2D eigenvalue weighted by atomic mass is 9.35. The van der Waals surface area contributed by atoms with Crippen molar-refractivity contribution in [1.29, 1.82) is 0 Å². The number of fused-ring (bicyclic) bond motifs is 5. The summed E-state index contributed by atoms with van der Waals surface area (Å²) in [6.45, 7) is 18.7. The zero-order chi connectivity index (χ0) is 38.2. The maximum absolute atomic E-state index is 12.8. The van der Waals surface area contributed by atoms with Crippen molar-refractivity contribution in [3.05, 3.63) is 0 Å². The van der Waals surface area contributed by atoms with Crippen LogP contribution in [0.1, 0.15) is 133 Å². The van der Waals surface area contributed by atoms with Gasteiger partial charge in [-0.25, -0.2) is 0 Å². The summed E-state index contributed by atoms with van der Waals surface area (Å²) in [7, 11) is 2.64. The molecule has 11 heteroatoms. The second-order valence-electron chi connectivity index (χ2n) is 17.7. The molecule has 1 N–H and O–H groups in total. The van der Waals surface area contributed by atoms with Gasteiger partial charge in [-0.1, -0.05) is 34.6 Å². The van der Waals surface area contributed by atoms with E-state index in [1.807, 2.05) is 6.92 Å². The summed E-state index contributed by atoms with van der Waals surface area (Å²) in [4.78, 5) is 61.9. The second-order valence-corrected chi connectivity index (χ2v) is 17.7. The Balaban J connectivity index is 1.63. The van der Waals surface area contributed by atoms with Crippen molar-refractivity contribution >= 4 is 29.8 Å². The lowest BCUT2D eigenvalue weighted by Gasteiger charge is -2.70. The summed E-state index contributed by atoms with van der Waals surface area (Å²) < 4.78 is 28.2. The van der Waals surface area contributed by atoms with Crippen molar-refractivity contribution in [3.8, 4) is 0 Å². The number of methoxy groups -OCH3 is 2. The summed E-state index contributed by atoms with van der Waals surface area (Å²) in [6.07, 6.45) is 7.33. The smallest absolute Gasteiger partial charge is 0.322 e. The molecular weight excluding hydrogens is 654 g/mol. The Morgan fingerprint density at radius 1 is 0.804 bits per heavy atom. The predicted molar refractivity (Wildman–Crippen MR) is 190 cm³/mol. The Morgan fingerprint density at radius 3 is 2.04 bits per heavy atom. The van der Waals surface area contributed by atoms with Gasteiger partial charge in [-0.15, -0.1) is 0 Å². The van der Waals surface area contributed by atoms with Crippen LogP contribution in [-0.4, -0.2) is 74.5 Å². The van der Waals surface area contributed by atoms with Crippen molar-refractivity contribution in [2.45, 2.75) is 157 Å². The number of carbonyl (C=O) groups is 5. The molecule has 51 heavy (non-hydrogen) atoms. The van der Waals surface area contributed by atoms with Crippen LogP contribution in [0.4, 0.5) is 0 Å². The zero-order valence-corrected chi connectivity index (χ0v) is 33.1. The van der Waals surface area contributed by atoms with Crippen LogP contribution >= 0.6 is 0 Å². The molecule has 4 rings (SSSR count). The highest BCUT2D eigenvalue weighted by atomic mass is 16.6. The fourth-order valence-electron chi connectivity index (χ4n) is 12.3. The van der Waals surface area contributed by atoms with E-state index in [9.17, 15) is 24.0 Å². The molecule has 11 nitrogen and oxygen atoms in total. The number of hydrogen-bond donors (Lipinski definition) is 1. The topological polar surface area (TPSA) is 144 Å². The third-order valence-electron chi connectivity index (χ3n) is 14.7. The minimum atomic E-state index is -0.838. The lowest BCUT2D eigenvalue weighted by Crippen LogP contribution is -2.67. The van der Waals surface area contributed by atoms with Crippen molar-refractivity contribution < 1.29 is 47.7 Å². The minimum Gasteiger partial charge on any atom is -0.469 e. The standard InChI is InChI=1S/C40H65NO10/c1-24(42)49-29-23-31-37(6)19-17-32(50-25(2)43)36(4,5)30(37)16-21-38(31,7)39(8)20-15-27(34(29)39)40(9,51-26(3)44)18-12-22-41-28(35(46)48-11)13-14-33(45)47-10/h27-32,34,41H,12-23H2,1-11H3/t27?,28-,29?,30?,31?,32-,34-,37-,38+,39+,40?/m0/s1. The molecule has 0 aromatic heterocycles. The van der Waals surface area contributed by atoms with Crippen LogP contribution in [0.15, 0.2) is 0 Å². The Hall–Kier alpha value is -2.69. The first kappa shape index (κ1) is 41.1. The average Bonchev–Trinajstić information content (AvgIpc) is 3.42. The van der Waals surface area contributed by atoms with Crippen molar-refractivity contribution in [1.82, 2.24) is 5.32 Å². The molecule has 4 saturated carbocycles. The van der Waals surface area contributed by atoms with Crippen LogP contribution in [0, 0.1) is 45.3 Å². The van der Waals surface area contributed by atoms with Crippen LogP contribution in [0.3, 0.4) is 0 Å². The third-order valence-corrected chi connectivity index (χ3v) is 14.7. The van der Waals surface area contributed by atoms with Gasteiger partial charge < -0.3 is 29.0 Å². The minimum absolute atomic E-state index is 0.0200. The first-order valence-electron chi connectivity index (χ1n) is 19.1. The number of ether oxygens (including phenoxy) is 5. The van der Waals surface area contributed by atoms with E-state index in [0.29, 0.717) is 25.3 Å². The van der Waals surface area contributed by atoms with Gasteiger partial charge >= 0.3 is 29.8 Å². The van der Waals surface area contributed by atoms with E-state index in [0.717, 1.165) is 44.9 Å². The van der Waals surface area contributed by atoms with E-state index in [4.69, 9.17) is 23.7 Å². The van der Waals surface area contributed by atoms with Gasteiger partial charge in [-0.3, -0.25) is 24.0 Å². The first-order chi connectivity index (χ1) is 23.7. The van der Waals surface area contributed by atoms with Gasteiger partial charge in [0, 0.05) is 44.4 Å². The van der Waals surface area contributed by atoms with Gasteiger partial charge in [0.1, 0.15) is 23.9 Å². The fraction of sp³-hybridized carbons (Fsp3) is 0.875. The van der Waals surface area contributed by atoms with E-state index >= 15 is 0 Å². The number of hydrogen-bond acceptors (Lipinski definition) is 11. The highest BCUT2D eigenvalue weighted by Gasteiger charge is 2.72. The Morgan fingerprint density at radius 2 is 1.45 bits per heavy atom. The highest BCUT2D eigenvalue weighted by molar-refractivity contribution is 5.77. The van der Waals surface area contributed by atoms with Gasteiger partial charge in [-0.05, 0) is 106 Å². The van der Waals surface area contributed by atoms with Gasteiger partial charge in [-0.2, -0.15) is 0 Å². The second kappa shape index (κ2) is 15.3. The van der Waals surface area contributed by atoms with Crippen LogP contribution in [0.25, 0.3) is 0 Å². The third kappa shape index (κ3) is 7.70. The molecule has 0 bridgehead atoms. The SMILES string of the molecule is COC(=O)CC[C@H](NCCCC(C)(OC(C)=O)C1CC[C@]2(C)[C@@H]1C(OC(C)=O)CC1[C@@]3(C)CC[C@H](OC(C)=O)C(C)(C)C3CC[C@]12C)C(=O)OC. The van der Waals surface area contributed by atoms with E-state index < -0.39 is 23.6 Å². The maximum atomic E-state index is 12.8. The molecule has 11 atom stereocenters. The Kier molecular flexibility index (Phi) is 12.4. The van der Waals surface area contributed by atoms with E-state index in [1.165, 1.54) is 35.0 Å². The Bertz CT molecular complexity index is 1330. The molecule has 0 aromatic rings. The van der Waals surface area contributed by atoms with Crippen LogP contribution in [-0.2, 0) is 47.7 Å². The molecule has 5 unspecified atom stereocenters. The molecule has 0 saturated heterocycles. The molecule has 0 heterocycles. The van der Waals surface area contributed by atoms with Gasteiger partial charge in [0.2, 0.25) is 0 Å². The van der Waals surface area contributed by atoms with Crippen LogP contribution < -0.4 is 5.32 Å². The van der Waals surface area contributed by atoms with Crippen molar-refractivity contribution in [2.24, 2.45) is 45.3 Å². The first-order valence-corrected chi connectivity index (χ1v) is 19.1. The molecule has 290 valence electrons. The zero-order valence-electron chi connectivity index (χ0n) is 33.1. The van der Waals surface area contributed by atoms with Crippen LogP contribution in [0.5, 0.6) is 0 Å². The van der Waals surface area contributed by atoms with Crippen LogP contribution in [0.2, 0.25) is 0 Å². The molecule has 4 fully saturated rings. The number of carbonyl (C=O) groups excluding carboxylic acids is 5. The number of nitrogens with one attached hydrogen (secondary N) is 1. The molecule has 4 aliphatic carbocycles. The monoisotopic (exact) mass is 719 g/mol. The van der Waals surface area contributed by atoms with E-state index in [1.54, 1.807) is 0 Å². The summed E-state index contributed by atoms with van der Waals surface area (Å²) >= 11 is 0. The molecule has 0 aliphatic heterocycles. The fourth-order valence-corrected chi connectivity index (χ4v) is 12.3.